The van der Waals surface area contributed by atoms with E-state index in [2.05, 4.69) is 28.5 Å². The van der Waals surface area contributed by atoms with Crippen LogP contribution in [-0.4, -0.2) is 32.1 Å². The molecule has 0 radical (unpaired) electrons. The Hall–Kier alpha value is -1.06. The van der Waals surface area contributed by atoms with Crippen LogP contribution in [0.1, 0.15) is 38.4 Å². The monoisotopic (exact) mass is 279 g/mol. The van der Waals surface area contributed by atoms with Crippen molar-refractivity contribution in [2.75, 3.05) is 6.54 Å². The average Bonchev–Trinajstić information content (AvgIpc) is 2.96. The molecule has 0 spiro atoms. The predicted octanol–water partition coefficient (Wildman–Crippen LogP) is 2.03. The van der Waals surface area contributed by atoms with E-state index < -0.39 is 0 Å². The van der Waals surface area contributed by atoms with Crippen LogP contribution in [0.5, 0.6) is 0 Å². The summed E-state index contributed by atoms with van der Waals surface area (Å²) in [7, 11) is 1.99. The number of hydrogen-bond acceptors (Lipinski definition) is 5. The van der Waals surface area contributed by atoms with Crippen LogP contribution in [-0.2, 0) is 7.05 Å². The van der Waals surface area contributed by atoms with E-state index in [1.165, 1.54) is 0 Å². The van der Waals surface area contributed by atoms with E-state index in [-0.39, 0.29) is 5.54 Å². The van der Waals surface area contributed by atoms with Crippen molar-refractivity contribution >= 4 is 11.8 Å². The lowest BCUT2D eigenvalue weighted by atomic mass is 10.00. The van der Waals surface area contributed by atoms with E-state index in [9.17, 15) is 5.26 Å². The maximum Gasteiger partial charge on any atom is 0.191 e. The summed E-state index contributed by atoms with van der Waals surface area (Å²) in [5.74, 6) is 0.927. The molecular weight excluding hydrogens is 258 g/mol. The minimum Gasteiger partial charge on any atom is -0.309 e. The first kappa shape index (κ1) is 14.4. The molecule has 19 heavy (non-hydrogen) atoms. The lowest BCUT2D eigenvalue weighted by molar-refractivity contribution is 0.424. The molecule has 1 aliphatic rings. The Balaban J connectivity index is 1.98. The topological polar surface area (TPSA) is 66.5 Å². The van der Waals surface area contributed by atoms with Gasteiger partial charge in [0, 0.05) is 12.3 Å². The van der Waals surface area contributed by atoms with Crippen molar-refractivity contribution in [1.29, 1.82) is 5.26 Å². The van der Waals surface area contributed by atoms with Crippen LogP contribution >= 0.6 is 11.8 Å². The lowest BCUT2D eigenvalue weighted by Gasteiger charge is -2.22. The van der Waals surface area contributed by atoms with Gasteiger partial charge in [-0.3, -0.25) is 5.32 Å². The summed E-state index contributed by atoms with van der Waals surface area (Å²) >= 11 is 1.75. The highest BCUT2D eigenvalue weighted by Crippen LogP contribution is 2.39. The third kappa shape index (κ3) is 3.10. The largest absolute Gasteiger partial charge is 0.309 e. The normalized spacial score (nSPS) is 26.5. The van der Waals surface area contributed by atoms with Crippen LogP contribution in [0.25, 0.3) is 0 Å². The fourth-order valence-corrected chi connectivity index (χ4v) is 3.69. The molecule has 1 aromatic heterocycles. The van der Waals surface area contributed by atoms with Crippen molar-refractivity contribution in [3.8, 4) is 6.07 Å². The van der Waals surface area contributed by atoms with Crippen LogP contribution in [0.3, 0.4) is 0 Å². The summed E-state index contributed by atoms with van der Waals surface area (Å²) in [5.41, 5.74) is -0.332. The highest BCUT2D eigenvalue weighted by atomic mass is 32.2. The Bertz CT molecular complexity index is 478. The molecule has 1 heterocycles. The summed E-state index contributed by atoms with van der Waals surface area (Å²) < 4.78 is 2.01. The molecule has 5 nitrogen and oxygen atoms in total. The fourth-order valence-electron chi connectivity index (χ4n) is 2.41. The van der Waals surface area contributed by atoms with Gasteiger partial charge in [0.05, 0.1) is 6.07 Å². The van der Waals surface area contributed by atoms with E-state index in [1.807, 2.05) is 18.5 Å². The number of aryl methyl sites for hydroxylation is 1. The zero-order valence-electron chi connectivity index (χ0n) is 11.8. The number of thioether (sulfide) groups is 1. The van der Waals surface area contributed by atoms with Gasteiger partial charge in [0.25, 0.3) is 0 Å². The zero-order valence-corrected chi connectivity index (χ0v) is 12.6. The van der Waals surface area contributed by atoms with Crippen LogP contribution < -0.4 is 5.32 Å². The second-order valence-electron chi connectivity index (χ2n) is 5.19. The first-order chi connectivity index (χ1) is 9.10. The molecule has 1 saturated carbocycles. The van der Waals surface area contributed by atoms with E-state index in [1.54, 1.807) is 11.8 Å². The summed E-state index contributed by atoms with van der Waals surface area (Å²) in [6.07, 6.45) is 3.93. The molecule has 2 unspecified atom stereocenters. The molecule has 1 aliphatic carbocycles. The van der Waals surface area contributed by atoms with E-state index >= 15 is 0 Å². The highest BCUT2D eigenvalue weighted by molar-refractivity contribution is 7.99. The van der Waals surface area contributed by atoms with Gasteiger partial charge < -0.3 is 4.57 Å². The van der Waals surface area contributed by atoms with Gasteiger partial charge in [0.1, 0.15) is 11.4 Å². The van der Waals surface area contributed by atoms with E-state index in [0.29, 0.717) is 5.25 Å². The second-order valence-corrected chi connectivity index (χ2v) is 6.46. The number of rotatable bonds is 5. The van der Waals surface area contributed by atoms with Crippen LogP contribution in [0, 0.1) is 18.3 Å². The first-order valence-electron chi connectivity index (χ1n) is 6.79. The molecule has 2 rings (SSSR count). The minimum absolute atomic E-state index is 0.332. The van der Waals surface area contributed by atoms with Crippen molar-refractivity contribution in [2.45, 2.75) is 55.5 Å². The second kappa shape index (κ2) is 5.93. The van der Waals surface area contributed by atoms with Crippen molar-refractivity contribution in [2.24, 2.45) is 7.05 Å². The average molecular weight is 279 g/mol. The first-order valence-corrected chi connectivity index (χ1v) is 7.67. The standard InChI is InChI=1S/C13H21N5S/c1-4-7-15-13(9-14)6-5-11(8-13)19-12-17-16-10(2)18(12)3/h11,15H,4-8H2,1-3H3. The van der Waals surface area contributed by atoms with E-state index in [4.69, 9.17) is 0 Å². The fraction of sp³-hybridized carbons (Fsp3) is 0.769. The van der Waals surface area contributed by atoms with Gasteiger partial charge in [-0.25, -0.2) is 0 Å². The Kier molecular flexibility index (Phi) is 4.48. The Labute approximate surface area is 118 Å². The Morgan fingerprint density at radius 3 is 2.95 bits per heavy atom. The zero-order chi connectivity index (χ0) is 13.9. The van der Waals surface area contributed by atoms with Gasteiger partial charge in [-0.1, -0.05) is 18.7 Å². The number of nitrogens with one attached hydrogen (secondary N) is 1. The van der Waals surface area contributed by atoms with Crippen LogP contribution in [0.2, 0.25) is 0 Å². The number of hydrogen-bond donors (Lipinski definition) is 1. The number of nitriles is 1. The van der Waals surface area contributed by atoms with Crippen molar-refractivity contribution in [3.05, 3.63) is 5.82 Å². The Morgan fingerprint density at radius 2 is 2.37 bits per heavy atom. The molecule has 6 heteroatoms. The molecule has 2 atom stereocenters. The quantitative estimate of drug-likeness (QED) is 0.893. The van der Waals surface area contributed by atoms with Crippen LogP contribution in [0.4, 0.5) is 0 Å². The maximum atomic E-state index is 9.43. The summed E-state index contributed by atoms with van der Waals surface area (Å²) in [6, 6.07) is 2.48. The summed E-state index contributed by atoms with van der Waals surface area (Å²) in [4.78, 5) is 0. The van der Waals surface area contributed by atoms with Crippen molar-refractivity contribution in [1.82, 2.24) is 20.1 Å². The van der Waals surface area contributed by atoms with Gasteiger partial charge in [0.2, 0.25) is 0 Å². The molecule has 0 bridgehead atoms. The maximum absolute atomic E-state index is 9.43. The van der Waals surface area contributed by atoms with Gasteiger partial charge in [-0.05, 0) is 39.2 Å². The third-order valence-electron chi connectivity index (χ3n) is 3.72. The van der Waals surface area contributed by atoms with Crippen molar-refractivity contribution < 1.29 is 0 Å². The van der Waals surface area contributed by atoms with Gasteiger partial charge in [-0.15, -0.1) is 10.2 Å². The molecular formula is C13H21N5S. The van der Waals surface area contributed by atoms with Crippen molar-refractivity contribution in [3.63, 3.8) is 0 Å². The molecule has 104 valence electrons. The van der Waals surface area contributed by atoms with E-state index in [0.717, 1.165) is 43.2 Å². The van der Waals surface area contributed by atoms with Gasteiger partial charge in [-0.2, -0.15) is 5.26 Å². The molecule has 1 fully saturated rings. The molecule has 0 amide bonds. The van der Waals surface area contributed by atoms with Gasteiger partial charge in [0.15, 0.2) is 5.16 Å². The molecule has 0 saturated heterocycles. The Morgan fingerprint density at radius 1 is 1.58 bits per heavy atom. The predicted molar refractivity (Wildman–Crippen MR) is 75.9 cm³/mol. The highest BCUT2D eigenvalue weighted by Gasteiger charge is 2.39. The van der Waals surface area contributed by atoms with Gasteiger partial charge >= 0.3 is 0 Å². The molecule has 1 aromatic rings. The van der Waals surface area contributed by atoms with Crippen LogP contribution in [0.15, 0.2) is 5.16 Å². The minimum atomic E-state index is -0.332. The summed E-state index contributed by atoms with van der Waals surface area (Å²) in [6.45, 7) is 4.99. The lowest BCUT2D eigenvalue weighted by Crippen LogP contribution is -2.42. The number of aromatic nitrogens is 3. The molecule has 1 N–H and O–H groups in total. The summed E-state index contributed by atoms with van der Waals surface area (Å²) in [5, 5.41) is 22.5. The molecule has 0 aromatic carbocycles. The SMILES string of the molecule is CCCNC1(C#N)CCC(Sc2nnc(C)n2C)C1. The smallest absolute Gasteiger partial charge is 0.191 e. The molecule has 0 aliphatic heterocycles. The third-order valence-corrected chi connectivity index (χ3v) is 5.02. The number of nitrogens with zero attached hydrogens (tertiary/aromatic N) is 4.